The van der Waals surface area contributed by atoms with Crippen molar-refractivity contribution in [3.63, 3.8) is 0 Å². The lowest BCUT2D eigenvalue weighted by Gasteiger charge is -2.17. The highest BCUT2D eigenvalue weighted by atomic mass is 35.5. The number of amidine groups is 1. The number of hydrogen-bond donors (Lipinski definition) is 2. The highest BCUT2D eigenvalue weighted by Crippen LogP contribution is 2.25. The van der Waals surface area contributed by atoms with Crippen LogP contribution in [0, 0.1) is 0 Å². The van der Waals surface area contributed by atoms with Crippen LogP contribution >= 0.6 is 23.2 Å². The van der Waals surface area contributed by atoms with Crippen LogP contribution < -0.4 is 10.6 Å². The van der Waals surface area contributed by atoms with E-state index in [-0.39, 0.29) is 34.7 Å². The minimum absolute atomic E-state index is 0.0237. The van der Waals surface area contributed by atoms with Gasteiger partial charge in [0.1, 0.15) is 11.7 Å². The smallest absolute Gasteiger partial charge is 0.223 e. The number of sulfone groups is 1. The van der Waals surface area contributed by atoms with Gasteiger partial charge in [-0.3, -0.25) is 9.79 Å². The van der Waals surface area contributed by atoms with E-state index >= 15 is 0 Å². The number of aliphatic imine (C=N–C) groups is 1. The molecule has 2 aromatic carbocycles. The number of halogens is 2. The summed E-state index contributed by atoms with van der Waals surface area (Å²) in [7, 11) is -1.91. The number of carbonyl (C=O) groups excluding carboxylic acids is 1. The molecule has 0 bridgehead atoms. The van der Waals surface area contributed by atoms with Gasteiger partial charge in [-0.05, 0) is 30.2 Å². The van der Waals surface area contributed by atoms with E-state index in [1.807, 2.05) is 24.3 Å². The van der Waals surface area contributed by atoms with Crippen LogP contribution in [0.2, 0.25) is 10.0 Å². The number of carbonyl (C=O) groups is 1. The van der Waals surface area contributed by atoms with Crippen molar-refractivity contribution in [2.24, 2.45) is 4.99 Å². The second-order valence-electron chi connectivity index (χ2n) is 7.50. The monoisotopic (exact) mass is 496 g/mol. The van der Waals surface area contributed by atoms with E-state index in [0.717, 1.165) is 36.5 Å². The average Bonchev–Trinajstić information content (AvgIpc) is 3.32. The van der Waals surface area contributed by atoms with Gasteiger partial charge in [0, 0.05) is 43.7 Å². The summed E-state index contributed by atoms with van der Waals surface area (Å²) in [6, 6.07) is 12.5. The maximum Gasteiger partial charge on any atom is 0.223 e. The summed E-state index contributed by atoms with van der Waals surface area (Å²) in [5.74, 6) is 0.545. The lowest BCUT2D eigenvalue weighted by molar-refractivity contribution is -0.129. The van der Waals surface area contributed by atoms with Crippen LogP contribution in [0.25, 0.3) is 0 Å². The third-order valence-electron chi connectivity index (χ3n) is 5.10. The van der Waals surface area contributed by atoms with Crippen LogP contribution in [-0.4, -0.2) is 64.2 Å². The molecule has 1 amide bonds. The highest BCUT2D eigenvalue weighted by Gasteiger charge is 2.18. The Balaban J connectivity index is 1.40. The second-order valence-corrected chi connectivity index (χ2v) is 10.3. The normalized spacial score (nSPS) is 13.5. The predicted molar refractivity (Wildman–Crippen MR) is 128 cm³/mol. The summed E-state index contributed by atoms with van der Waals surface area (Å²) in [6.45, 7) is 2.50. The molecule has 2 aromatic rings. The second kappa shape index (κ2) is 11.1. The maximum atomic E-state index is 12.4. The molecule has 0 atom stereocenters. The van der Waals surface area contributed by atoms with Crippen molar-refractivity contribution in [3.05, 3.63) is 63.6 Å². The maximum absolute atomic E-state index is 12.4. The lowest BCUT2D eigenvalue weighted by atomic mass is 10.1. The van der Waals surface area contributed by atoms with Gasteiger partial charge in [-0.2, -0.15) is 0 Å². The first kappa shape index (κ1) is 24.5. The fourth-order valence-electron chi connectivity index (χ4n) is 3.23. The van der Waals surface area contributed by atoms with Gasteiger partial charge in [0.2, 0.25) is 5.91 Å². The van der Waals surface area contributed by atoms with Gasteiger partial charge in [-0.1, -0.05) is 47.5 Å². The molecule has 0 aromatic heterocycles. The number of hydrogen-bond acceptors (Lipinski definition) is 6. The molecule has 3 rings (SSSR count). The number of benzene rings is 2. The van der Waals surface area contributed by atoms with E-state index in [1.54, 1.807) is 11.9 Å². The average molecular weight is 497 g/mol. The minimum atomic E-state index is -3.65. The Morgan fingerprint density at radius 3 is 2.62 bits per heavy atom. The molecule has 7 nitrogen and oxygen atoms in total. The molecule has 10 heteroatoms. The number of rotatable bonds is 10. The van der Waals surface area contributed by atoms with Crippen molar-refractivity contribution < 1.29 is 13.2 Å². The van der Waals surface area contributed by atoms with Gasteiger partial charge < -0.3 is 15.5 Å². The summed E-state index contributed by atoms with van der Waals surface area (Å²) in [4.78, 5) is 18.4. The van der Waals surface area contributed by atoms with Crippen molar-refractivity contribution in [3.8, 4) is 0 Å². The van der Waals surface area contributed by atoms with Crippen molar-refractivity contribution >= 4 is 44.8 Å². The fraction of sp³-hybridized carbons (Fsp3) is 0.364. The molecule has 0 saturated heterocycles. The Hall–Kier alpha value is -2.13. The first-order valence-corrected chi connectivity index (χ1v) is 12.7. The number of amides is 1. The van der Waals surface area contributed by atoms with Crippen LogP contribution in [0.15, 0.2) is 52.4 Å². The van der Waals surface area contributed by atoms with Gasteiger partial charge in [0.25, 0.3) is 0 Å². The van der Waals surface area contributed by atoms with Crippen molar-refractivity contribution in [2.75, 3.05) is 39.1 Å². The lowest BCUT2D eigenvalue weighted by Crippen LogP contribution is -2.33. The molecular weight excluding hydrogens is 471 g/mol. The molecule has 0 fully saturated rings. The van der Waals surface area contributed by atoms with E-state index in [0.29, 0.717) is 11.6 Å². The van der Waals surface area contributed by atoms with Gasteiger partial charge >= 0.3 is 0 Å². The molecule has 1 heterocycles. The Bertz CT molecular complexity index is 1090. The van der Waals surface area contributed by atoms with E-state index < -0.39 is 9.84 Å². The zero-order chi connectivity index (χ0) is 23.1. The van der Waals surface area contributed by atoms with Gasteiger partial charge in [0.05, 0.1) is 16.5 Å². The number of nitrogens with one attached hydrogen (secondary N) is 2. The van der Waals surface area contributed by atoms with Gasteiger partial charge in [-0.25, -0.2) is 8.42 Å². The first-order chi connectivity index (χ1) is 15.3. The van der Waals surface area contributed by atoms with Crippen molar-refractivity contribution in [1.29, 1.82) is 0 Å². The standard InChI is InChI=1S/C22H26Cl2N4O3S/c1-28(13-9-16-2-4-17(5-3-16)22-26-11-12-27-22)21(29)8-10-25-15-32(30,31)20-14-18(23)6-7-19(20)24/h2-7,14,25H,8-13,15H2,1H3,(H,26,27). The topological polar surface area (TPSA) is 90.9 Å². The zero-order valence-electron chi connectivity index (χ0n) is 17.8. The molecule has 0 aliphatic carbocycles. The van der Waals surface area contributed by atoms with Gasteiger partial charge in [-0.15, -0.1) is 0 Å². The minimum Gasteiger partial charge on any atom is -0.368 e. The Kier molecular flexibility index (Phi) is 8.53. The van der Waals surface area contributed by atoms with Crippen LogP contribution in [0.3, 0.4) is 0 Å². The molecule has 2 N–H and O–H groups in total. The Labute approximate surface area is 198 Å². The Morgan fingerprint density at radius 1 is 1.19 bits per heavy atom. The molecule has 32 heavy (non-hydrogen) atoms. The molecule has 0 saturated carbocycles. The Morgan fingerprint density at radius 2 is 1.94 bits per heavy atom. The predicted octanol–water partition coefficient (Wildman–Crippen LogP) is 2.76. The fourth-order valence-corrected chi connectivity index (χ4v) is 5.18. The number of nitrogens with zero attached hydrogens (tertiary/aromatic N) is 2. The van der Waals surface area contributed by atoms with Crippen LogP contribution in [0.4, 0.5) is 0 Å². The highest BCUT2D eigenvalue weighted by molar-refractivity contribution is 7.91. The summed E-state index contributed by atoms with van der Waals surface area (Å²) in [5, 5.41) is 6.47. The zero-order valence-corrected chi connectivity index (χ0v) is 20.1. The molecule has 0 unspecified atom stereocenters. The summed E-state index contributed by atoms with van der Waals surface area (Å²) in [6.07, 6.45) is 0.928. The quantitative estimate of drug-likeness (QED) is 0.493. The molecule has 172 valence electrons. The molecule has 1 aliphatic rings. The van der Waals surface area contributed by atoms with Crippen molar-refractivity contribution in [2.45, 2.75) is 17.7 Å². The summed E-state index contributed by atoms with van der Waals surface area (Å²) in [5.41, 5.74) is 2.20. The SMILES string of the molecule is CN(CCc1ccc(C2=NCCN2)cc1)C(=O)CCNCS(=O)(=O)c1cc(Cl)ccc1Cl. The van der Waals surface area contributed by atoms with Gasteiger partial charge in [0.15, 0.2) is 9.84 Å². The molecule has 0 radical (unpaired) electrons. The molecule has 1 aliphatic heterocycles. The summed E-state index contributed by atoms with van der Waals surface area (Å²) >= 11 is 11.8. The van der Waals surface area contributed by atoms with Crippen molar-refractivity contribution in [1.82, 2.24) is 15.5 Å². The third kappa shape index (κ3) is 6.68. The number of likely N-dealkylation sites (N-methyl/N-ethyl adjacent to an activating group) is 1. The van der Waals surface area contributed by atoms with E-state index in [1.165, 1.54) is 18.2 Å². The molecule has 0 spiro atoms. The molecular formula is C22H26Cl2N4O3S. The first-order valence-electron chi connectivity index (χ1n) is 10.3. The van der Waals surface area contributed by atoms with E-state index in [2.05, 4.69) is 15.6 Å². The van der Waals surface area contributed by atoms with E-state index in [4.69, 9.17) is 23.2 Å². The van der Waals surface area contributed by atoms with Crippen LogP contribution in [0.5, 0.6) is 0 Å². The summed E-state index contributed by atoms with van der Waals surface area (Å²) < 4.78 is 24.9. The largest absolute Gasteiger partial charge is 0.368 e. The van der Waals surface area contributed by atoms with Crippen LogP contribution in [0.1, 0.15) is 17.5 Å². The third-order valence-corrected chi connectivity index (χ3v) is 7.37. The van der Waals surface area contributed by atoms with Crippen LogP contribution in [-0.2, 0) is 21.1 Å². The van der Waals surface area contributed by atoms with E-state index in [9.17, 15) is 13.2 Å².